The molecule has 3 aromatic carbocycles. The lowest BCUT2D eigenvalue weighted by Gasteiger charge is -2.11. The van der Waals surface area contributed by atoms with E-state index in [-0.39, 0.29) is 12.4 Å². The molecule has 0 bridgehead atoms. The summed E-state index contributed by atoms with van der Waals surface area (Å²) in [6.45, 7) is 2.39. The van der Waals surface area contributed by atoms with E-state index >= 15 is 0 Å². The Kier molecular flexibility index (Phi) is 7.28. The average molecular weight is 403 g/mol. The molecule has 0 radical (unpaired) electrons. The van der Waals surface area contributed by atoms with Gasteiger partial charge in [-0.05, 0) is 48.9 Å². The molecule has 0 aliphatic carbocycles. The van der Waals surface area contributed by atoms with E-state index in [4.69, 9.17) is 24.2 Å². The second kappa shape index (κ2) is 10.5. The van der Waals surface area contributed by atoms with E-state index < -0.39 is 5.97 Å². The van der Waals surface area contributed by atoms with Gasteiger partial charge in [0.2, 0.25) is 0 Å². The normalized spacial score (nSPS) is 10.0. The zero-order valence-corrected chi connectivity index (χ0v) is 16.5. The average Bonchev–Trinajstić information content (AvgIpc) is 2.79. The Morgan fingerprint density at radius 1 is 0.867 bits per heavy atom. The number of carbonyl (C=O) groups is 1. The third-order valence-corrected chi connectivity index (χ3v) is 4.03. The fraction of sp³-hybridized carbons (Fsp3) is 0.167. The number of nitrogens with zero attached hydrogens (tertiary/aromatic N) is 1. The standard InChI is InChI=1S/C24H21NO5/c1-2-27-23-14-19(15-25)8-13-22(23)30-24(26)17-29-21-11-9-20(10-12-21)28-16-18-6-4-3-5-7-18/h3-14H,2,16-17H2,1H3. The van der Waals surface area contributed by atoms with Crippen LogP contribution < -0.4 is 18.9 Å². The van der Waals surface area contributed by atoms with Crippen LogP contribution in [0.2, 0.25) is 0 Å². The first-order valence-electron chi connectivity index (χ1n) is 9.45. The fourth-order valence-electron chi connectivity index (χ4n) is 2.60. The largest absolute Gasteiger partial charge is 0.490 e. The maximum atomic E-state index is 12.1. The van der Waals surface area contributed by atoms with Crippen LogP contribution in [-0.4, -0.2) is 19.2 Å². The van der Waals surface area contributed by atoms with E-state index in [1.54, 1.807) is 37.3 Å². The van der Waals surface area contributed by atoms with Crippen molar-refractivity contribution in [3.05, 3.63) is 83.9 Å². The molecule has 0 aromatic heterocycles. The summed E-state index contributed by atoms with van der Waals surface area (Å²) in [7, 11) is 0. The molecule has 3 rings (SSSR count). The highest BCUT2D eigenvalue weighted by atomic mass is 16.6. The Morgan fingerprint density at radius 3 is 2.23 bits per heavy atom. The Labute approximate surface area is 175 Å². The first-order chi connectivity index (χ1) is 14.7. The molecular weight excluding hydrogens is 382 g/mol. The summed E-state index contributed by atoms with van der Waals surface area (Å²) in [6, 6.07) is 23.5. The fourth-order valence-corrected chi connectivity index (χ4v) is 2.60. The number of rotatable bonds is 9. The zero-order valence-electron chi connectivity index (χ0n) is 16.5. The first kappa shape index (κ1) is 20.7. The van der Waals surface area contributed by atoms with Crippen molar-refractivity contribution < 1.29 is 23.7 Å². The molecule has 6 nitrogen and oxygen atoms in total. The number of hydrogen-bond acceptors (Lipinski definition) is 6. The van der Waals surface area contributed by atoms with Crippen molar-refractivity contribution in [2.45, 2.75) is 13.5 Å². The lowest BCUT2D eigenvalue weighted by atomic mass is 10.2. The van der Waals surface area contributed by atoms with Crippen molar-refractivity contribution in [1.29, 1.82) is 5.26 Å². The van der Waals surface area contributed by atoms with Crippen molar-refractivity contribution >= 4 is 5.97 Å². The van der Waals surface area contributed by atoms with E-state index in [2.05, 4.69) is 0 Å². The molecule has 0 saturated carbocycles. The van der Waals surface area contributed by atoms with Gasteiger partial charge < -0.3 is 18.9 Å². The molecule has 0 aliphatic rings. The zero-order chi connectivity index (χ0) is 21.2. The highest BCUT2D eigenvalue weighted by Crippen LogP contribution is 2.28. The monoisotopic (exact) mass is 403 g/mol. The Morgan fingerprint density at radius 2 is 1.57 bits per heavy atom. The van der Waals surface area contributed by atoms with Crippen molar-refractivity contribution in [2.75, 3.05) is 13.2 Å². The minimum absolute atomic E-state index is 0.245. The van der Waals surface area contributed by atoms with Gasteiger partial charge in [0.05, 0.1) is 18.2 Å². The summed E-state index contributed by atoms with van der Waals surface area (Å²) in [4.78, 5) is 12.1. The van der Waals surface area contributed by atoms with Gasteiger partial charge in [0.1, 0.15) is 18.1 Å². The van der Waals surface area contributed by atoms with Gasteiger partial charge in [-0.1, -0.05) is 30.3 Å². The molecule has 30 heavy (non-hydrogen) atoms. The highest BCUT2D eigenvalue weighted by Gasteiger charge is 2.12. The molecule has 0 amide bonds. The van der Waals surface area contributed by atoms with Crippen molar-refractivity contribution in [1.82, 2.24) is 0 Å². The lowest BCUT2D eigenvalue weighted by Crippen LogP contribution is -2.18. The minimum Gasteiger partial charge on any atom is -0.490 e. The van der Waals surface area contributed by atoms with Crippen LogP contribution in [0, 0.1) is 11.3 Å². The SMILES string of the molecule is CCOc1cc(C#N)ccc1OC(=O)COc1ccc(OCc2ccccc2)cc1. The van der Waals surface area contributed by atoms with Crippen LogP contribution in [0.5, 0.6) is 23.0 Å². The Bertz CT molecular complexity index is 1010. The molecule has 0 atom stereocenters. The molecular formula is C24H21NO5. The summed E-state index contributed by atoms with van der Waals surface area (Å²) >= 11 is 0. The molecule has 0 aliphatic heterocycles. The van der Waals surface area contributed by atoms with Gasteiger partial charge >= 0.3 is 5.97 Å². The van der Waals surface area contributed by atoms with Gasteiger partial charge in [0.25, 0.3) is 0 Å². The number of benzene rings is 3. The third-order valence-electron chi connectivity index (χ3n) is 4.03. The highest BCUT2D eigenvalue weighted by molar-refractivity contribution is 5.75. The summed E-state index contributed by atoms with van der Waals surface area (Å²) in [5, 5.41) is 8.98. The molecule has 0 fully saturated rings. The number of carbonyl (C=O) groups excluding carboxylic acids is 1. The van der Waals surface area contributed by atoms with Crippen molar-refractivity contribution in [2.24, 2.45) is 0 Å². The van der Waals surface area contributed by atoms with E-state index in [0.29, 0.717) is 36.0 Å². The molecule has 0 unspecified atom stereocenters. The van der Waals surface area contributed by atoms with Gasteiger partial charge in [-0.15, -0.1) is 0 Å². The van der Waals surface area contributed by atoms with E-state index in [1.165, 1.54) is 12.1 Å². The summed E-state index contributed by atoms with van der Waals surface area (Å²) in [5.74, 6) is 1.22. The first-order valence-corrected chi connectivity index (χ1v) is 9.45. The van der Waals surface area contributed by atoms with Gasteiger partial charge in [-0.3, -0.25) is 0 Å². The maximum Gasteiger partial charge on any atom is 0.349 e. The van der Waals surface area contributed by atoms with Crippen LogP contribution in [0.3, 0.4) is 0 Å². The summed E-state index contributed by atoms with van der Waals surface area (Å²) in [6.07, 6.45) is 0. The Hall–Kier alpha value is -3.98. The third kappa shape index (κ3) is 6.01. The van der Waals surface area contributed by atoms with Gasteiger partial charge in [0.15, 0.2) is 18.1 Å². The van der Waals surface area contributed by atoms with Gasteiger partial charge in [-0.2, -0.15) is 5.26 Å². The molecule has 0 heterocycles. The van der Waals surface area contributed by atoms with E-state index in [0.717, 1.165) is 5.56 Å². The van der Waals surface area contributed by atoms with E-state index in [9.17, 15) is 4.79 Å². The van der Waals surface area contributed by atoms with Crippen LogP contribution in [0.15, 0.2) is 72.8 Å². The van der Waals surface area contributed by atoms with E-state index in [1.807, 2.05) is 36.4 Å². The second-order valence-electron chi connectivity index (χ2n) is 6.21. The molecule has 0 saturated heterocycles. The Balaban J connectivity index is 1.50. The topological polar surface area (TPSA) is 77.8 Å². The molecule has 152 valence electrons. The maximum absolute atomic E-state index is 12.1. The van der Waals surface area contributed by atoms with Gasteiger partial charge in [-0.25, -0.2) is 4.79 Å². The number of nitriles is 1. The lowest BCUT2D eigenvalue weighted by molar-refractivity contribution is -0.136. The number of hydrogen-bond donors (Lipinski definition) is 0. The van der Waals surface area contributed by atoms with Crippen LogP contribution >= 0.6 is 0 Å². The predicted molar refractivity (Wildman–Crippen MR) is 111 cm³/mol. The van der Waals surface area contributed by atoms with Crippen LogP contribution in [0.1, 0.15) is 18.1 Å². The number of esters is 1. The van der Waals surface area contributed by atoms with Crippen molar-refractivity contribution in [3.63, 3.8) is 0 Å². The van der Waals surface area contributed by atoms with Crippen LogP contribution in [0.4, 0.5) is 0 Å². The molecule has 0 N–H and O–H groups in total. The van der Waals surface area contributed by atoms with Crippen molar-refractivity contribution in [3.8, 4) is 29.1 Å². The molecule has 6 heteroatoms. The summed E-state index contributed by atoms with van der Waals surface area (Å²) < 4.78 is 21.9. The molecule has 0 spiro atoms. The smallest absolute Gasteiger partial charge is 0.349 e. The van der Waals surface area contributed by atoms with Gasteiger partial charge in [0, 0.05) is 6.07 Å². The second-order valence-corrected chi connectivity index (χ2v) is 6.21. The summed E-state index contributed by atoms with van der Waals surface area (Å²) in [5.41, 5.74) is 1.50. The minimum atomic E-state index is -0.579. The predicted octanol–water partition coefficient (Wildman–Crippen LogP) is 4.52. The van der Waals surface area contributed by atoms with Crippen LogP contribution in [-0.2, 0) is 11.4 Å². The van der Waals surface area contributed by atoms with Crippen LogP contribution in [0.25, 0.3) is 0 Å². The number of ether oxygens (including phenoxy) is 4. The quantitative estimate of drug-likeness (QED) is 0.386. The molecule has 3 aromatic rings.